The lowest BCUT2D eigenvalue weighted by atomic mass is 10.2. The molecule has 0 amide bonds. The second-order valence-electron chi connectivity index (χ2n) is 3.77. The molecule has 1 N–H and O–H groups in total. The Kier molecular flexibility index (Phi) is 4.06. The van der Waals surface area contributed by atoms with Crippen LogP contribution in [0.4, 0.5) is 5.82 Å². The molecule has 0 aliphatic carbocycles. The Balaban J connectivity index is 2.30. The molecule has 2 rings (SSSR count). The average Bonchev–Trinajstić information content (AvgIpc) is 2.45. The van der Waals surface area contributed by atoms with Crippen molar-refractivity contribution >= 4 is 5.82 Å². The predicted molar refractivity (Wildman–Crippen MR) is 70.6 cm³/mol. The minimum absolute atomic E-state index is 0.589. The van der Waals surface area contributed by atoms with E-state index in [4.69, 9.17) is 4.74 Å². The van der Waals surface area contributed by atoms with E-state index in [2.05, 4.69) is 27.2 Å². The van der Waals surface area contributed by atoms with Crippen molar-refractivity contribution in [2.24, 2.45) is 0 Å². The lowest BCUT2D eigenvalue weighted by molar-refractivity contribution is 0.398. The van der Waals surface area contributed by atoms with Gasteiger partial charge in [-0.1, -0.05) is 6.92 Å². The Morgan fingerprint density at radius 2 is 2.00 bits per heavy atom. The molecule has 2 heterocycles. The summed E-state index contributed by atoms with van der Waals surface area (Å²) in [5.74, 6) is 1.37. The SMILES string of the molecule is CCCNc1nccnc1-c1ccc(OC)nc1. The summed E-state index contributed by atoms with van der Waals surface area (Å²) in [5.41, 5.74) is 1.73. The van der Waals surface area contributed by atoms with Crippen LogP contribution in [0.2, 0.25) is 0 Å². The van der Waals surface area contributed by atoms with Crippen molar-refractivity contribution in [3.63, 3.8) is 0 Å². The van der Waals surface area contributed by atoms with Crippen molar-refractivity contribution in [2.45, 2.75) is 13.3 Å². The first-order chi connectivity index (χ1) is 8.85. The number of rotatable bonds is 5. The van der Waals surface area contributed by atoms with Gasteiger partial charge in [-0.3, -0.25) is 4.98 Å². The molecule has 0 fully saturated rings. The third-order valence-electron chi connectivity index (χ3n) is 2.46. The van der Waals surface area contributed by atoms with Crippen molar-refractivity contribution in [3.05, 3.63) is 30.7 Å². The smallest absolute Gasteiger partial charge is 0.212 e. The number of nitrogens with one attached hydrogen (secondary N) is 1. The number of hydrogen-bond donors (Lipinski definition) is 1. The standard InChI is InChI=1S/C13H16N4O/c1-3-6-15-13-12(14-7-8-16-13)10-4-5-11(18-2)17-9-10/h4-5,7-9H,3,6H2,1-2H3,(H,15,16). The zero-order valence-electron chi connectivity index (χ0n) is 10.6. The summed E-state index contributed by atoms with van der Waals surface area (Å²) in [6.45, 7) is 2.98. The topological polar surface area (TPSA) is 59.9 Å². The molecular weight excluding hydrogens is 228 g/mol. The molecular formula is C13H16N4O. The summed E-state index contributed by atoms with van der Waals surface area (Å²) >= 11 is 0. The van der Waals surface area contributed by atoms with Gasteiger partial charge in [0, 0.05) is 36.8 Å². The highest BCUT2D eigenvalue weighted by Gasteiger charge is 2.07. The van der Waals surface area contributed by atoms with E-state index in [1.807, 2.05) is 12.1 Å². The van der Waals surface area contributed by atoms with Crippen LogP contribution in [0.25, 0.3) is 11.3 Å². The number of aromatic nitrogens is 3. The highest BCUT2D eigenvalue weighted by Crippen LogP contribution is 2.23. The Hall–Kier alpha value is -2.17. The first-order valence-electron chi connectivity index (χ1n) is 5.90. The predicted octanol–water partition coefficient (Wildman–Crippen LogP) is 2.37. The molecule has 0 spiro atoms. The minimum atomic E-state index is 0.589. The van der Waals surface area contributed by atoms with E-state index < -0.39 is 0 Å². The maximum absolute atomic E-state index is 5.04. The molecule has 0 aliphatic heterocycles. The van der Waals surface area contributed by atoms with Gasteiger partial charge in [0.1, 0.15) is 5.69 Å². The monoisotopic (exact) mass is 244 g/mol. The van der Waals surface area contributed by atoms with E-state index in [-0.39, 0.29) is 0 Å². The second kappa shape index (κ2) is 5.95. The molecule has 2 aromatic heterocycles. The van der Waals surface area contributed by atoms with Crippen LogP contribution in [0.3, 0.4) is 0 Å². The third kappa shape index (κ3) is 2.74. The first kappa shape index (κ1) is 12.3. The van der Waals surface area contributed by atoms with Crippen LogP contribution in [-0.4, -0.2) is 28.6 Å². The van der Waals surface area contributed by atoms with Crippen molar-refractivity contribution in [3.8, 4) is 17.1 Å². The van der Waals surface area contributed by atoms with Gasteiger partial charge in [-0.25, -0.2) is 9.97 Å². The molecule has 94 valence electrons. The number of anilines is 1. The molecule has 0 aliphatic rings. The summed E-state index contributed by atoms with van der Waals surface area (Å²) in [6.07, 6.45) is 6.13. The van der Waals surface area contributed by atoms with Crippen LogP contribution in [0, 0.1) is 0 Å². The minimum Gasteiger partial charge on any atom is -0.481 e. The van der Waals surface area contributed by atoms with E-state index >= 15 is 0 Å². The fourth-order valence-electron chi connectivity index (χ4n) is 1.56. The number of hydrogen-bond acceptors (Lipinski definition) is 5. The summed E-state index contributed by atoms with van der Waals surface area (Å²) in [6, 6.07) is 3.74. The summed E-state index contributed by atoms with van der Waals surface area (Å²) in [7, 11) is 1.60. The fourth-order valence-corrected chi connectivity index (χ4v) is 1.56. The van der Waals surface area contributed by atoms with Crippen molar-refractivity contribution in [1.29, 1.82) is 0 Å². The van der Waals surface area contributed by atoms with Gasteiger partial charge in [-0.2, -0.15) is 0 Å². The Labute approximate surface area is 106 Å². The van der Waals surface area contributed by atoms with E-state index in [1.54, 1.807) is 25.7 Å². The normalized spacial score (nSPS) is 10.1. The lowest BCUT2D eigenvalue weighted by Gasteiger charge is -2.09. The van der Waals surface area contributed by atoms with Gasteiger partial charge in [0.25, 0.3) is 0 Å². The van der Waals surface area contributed by atoms with Crippen molar-refractivity contribution in [1.82, 2.24) is 15.0 Å². The fraction of sp³-hybridized carbons (Fsp3) is 0.308. The number of nitrogens with zero attached hydrogens (tertiary/aromatic N) is 3. The van der Waals surface area contributed by atoms with Gasteiger partial charge in [0.15, 0.2) is 5.82 Å². The number of methoxy groups -OCH3 is 1. The van der Waals surface area contributed by atoms with Gasteiger partial charge in [-0.05, 0) is 12.5 Å². The van der Waals surface area contributed by atoms with E-state index in [1.165, 1.54) is 0 Å². The molecule has 0 radical (unpaired) electrons. The van der Waals surface area contributed by atoms with Crippen LogP contribution in [-0.2, 0) is 0 Å². The molecule has 0 atom stereocenters. The van der Waals surface area contributed by atoms with Crippen LogP contribution >= 0.6 is 0 Å². The highest BCUT2D eigenvalue weighted by atomic mass is 16.5. The molecule has 0 saturated carbocycles. The van der Waals surface area contributed by atoms with Crippen LogP contribution in [0.1, 0.15) is 13.3 Å². The first-order valence-corrected chi connectivity index (χ1v) is 5.90. The molecule has 0 bridgehead atoms. The maximum atomic E-state index is 5.04. The summed E-state index contributed by atoms with van der Waals surface area (Å²) in [4.78, 5) is 12.8. The van der Waals surface area contributed by atoms with Crippen molar-refractivity contribution in [2.75, 3.05) is 19.0 Å². The van der Waals surface area contributed by atoms with Gasteiger partial charge in [0.05, 0.1) is 7.11 Å². The van der Waals surface area contributed by atoms with E-state index in [0.29, 0.717) is 5.88 Å². The molecule has 0 unspecified atom stereocenters. The van der Waals surface area contributed by atoms with Gasteiger partial charge in [-0.15, -0.1) is 0 Å². The summed E-state index contributed by atoms with van der Waals surface area (Å²) < 4.78 is 5.04. The van der Waals surface area contributed by atoms with Gasteiger partial charge in [0.2, 0.25) is 5.88 Å². The Morgan fingerprint density at radius 3 is 2.67 bits per heavy atom. The van der Waals surface area contributed by atoms with E-state index in [9.17, 15) is 0 Å². The van der Waals surface area contributed by atoms with Crippen LogP contribution in [0.15, 0.2) is 30.7 Å². The quantitative estimate of drug-likeness (QED) is 0.875. The van der Waals surface area contributed by atoms with Gasteiger partial charge >= 0.3 is 0 Å². The average molecular weight is 244 g/mol. The van der Waals surface area contributed by atoms with Crippen LogP contribution in [0.5, 0.6) is 5.88 Å². The maximum Gasteiger partial charge on any atom is 0.212 e. The van der Waals surface area contributed by atoms with E-state index in [0.717, 1.165) is 30.0 Å². The molecule has 5 heteroatoms. The molecule has 0 saturated heterocycles. The second-order valence-corrected chi connectivity index (χ2v) is 3.77. The number of ether oxygens (including phenoxy) is 1. The largest absolute Gasteiger partial charge is 0.481 e. The van der Waals surface area contributed by atoms with Crippen molar-refractivity contribution < 1.29 is 4.74 Å². The highest BCUT2D eigenvalue weighted by molar-refractivity contribution is 5.70. The lowest BCUT2D eigenvalue weighted by Crippen LogP contribution is -2.04. The van der Waals surface area contributed by atoms with Gasteiger partial charge < -0.3 is 10.1 Å². The molecule has 0 aromatic carbocycles. The molecule has 5 nitrogen and oxygen atoms in total. The third-order valence-corrected chi connectivity index (χ3v) is 2.46. The van der Waals surface area contributed by atoms with Crippen LogP contribution < -0.4 is 10.1 Å². The molecule has 18 heavy (non-hydrogen) atoms. The Morgan fingerprint density at radius 1 is 1.17 bits per heavy atom. The zero-order chi connectivity index (χ0) is 12.8. The zero-order valence-corrected chi connectivity index (χ0v) is 10.6. The number of pyridine rings is 1. The summed E-state index contributed by atoms with van der Waals surface area (Å²) in [5, 5.41) is 3.26. The molecule has 2 aromatic rings. The Bertz CT molecular complexity index is 499.